The Hall–Kier alpha value is -0.900. The summed E-state index contributed by atoms with van der Waals surface area (Å²) in [6, 6.07) is -0.289. The van der Waals surface area contributed by atoms with Gasteiger partial charge in [0.05, 0.1) is 12.1 Å². The smallest absolute Gasteiger partial charge is 0.240 e. The van der Waals surface area contributed by atoms with Gasteiger partial charge in [0.25, 0.3) is 0 Å². The maximum absolute atomic E-state index is 12.9. The quantitative estimate of drug-likeness (QED) is 0.847. The Morgan fingerprint density at radius 1 is 1.05 bits per heavy atom. The van der Waals surface area contributed by atoms with E-state index in [4.69, 9.17) is 0 Å². The molecule has 1 unspecified atom stereocenters. The van der Waals surface area contributed by atoms with E-state index >= 15 is 0 Å². The van der Waals surface area contributed by atoms with Gasteiger partial charge in [-0.05, 0) is 38.6 Å². The van der Waals surface area contributed by atoms with Crippen LogP contribution < -0.4 is 5.32 Å². The second-order valence-corrected chi connectivity index (χ2v) is 6.91. The number of hydrogen-bond acceptors (Lipinski definition) is 3. The fourth-order valence-corrected chi connectivity index (χ4v) is 3.92. The highest BCUT2D eigenvalue weighted by atomic mass is 16.2. The van der Waals surface area contributed by atoms with Crippen molar-refractivity contribution < 1.29 is 9.59 Å². The molecule has 0 aromatic heterocycles. The van der Waals surface area contributed by atoms with E-state index < -0.39 is 0 Å². The predicted octanol–water partition coefficient (Wildman–Crippen LogP) is 2.37. The predicted molar refractivity (Wildman–Crippen MR) is 84.0 cm³/mol. The fraction of sp³-hybridized carbons (Fsp3) is 0.882. The van der Waals surface area contributed by atoms with Gasteiger partial charge in [-0.25, -0.2) is 0 Å². The summed E-state index contributed by atoms with van der Waals surface area (Å²) in [5.74, 6) is 0.818. The molecule has 1 saturated carbocycles. The molecule has 1 aliphatic heterocycles. The first-order valence-electron chi connectivity index (χ1n) is 8.57. The highest BCUT2D eigenvalue weighted by Crippen LogP contribution is 2.29. The van der Waals surface area contributed by atoms with Crippen molar-refractivity contribution in [1.82, 2.24) is 10.2 Å². The average Bonchev–Trinajstić information content (AvgIpc) is 2.97. The molecule has 2 rings (SSSR count). The molecule has 2 fully saturated rings. The molecule has 2 aliphatic rings. The minimum atomic E-state index is -0.183. The summed E-state index contributed by atoms with van der Waals surface area (Å²) < 4.78 is 0. The third kappa shape index (κ3) is 3.65. The van der Waals surface area contributed by atoms with Crippen molar-refractivity contribution in [3.8, 4) is 0 Å². The van der Waals surface area contributed by atoms with Crippen molar-refractivity contribution in [2.24, 2.45) is 11.8 Å². The van der Waals surface area contributed by atoms with E-state index in [9.17, 15) is 9.59 Å². The minimum Gasteiger partial charge on any atom is -0.331 e. The number of nitrogens with one attached hydrogen (secondary N) is 1. The van der Waals surface area contributed by atoms with Crippen LogP contribution in [0.5, 0.6) is 0 Å². The van der Waals surface area contributed by atoms with Gasteiger partial charge in [0.1, 0.15) is 0 Å². The number of likely N-dealkylation sites (tertiary alicyclic amines) is 1. The number of carbonyl (C=O) groups excluding carboxylic acids is 2. The zero-order valence-electron chi connectivity index (χ0n) is 13.7. The Bertz CT molecular complexity index is 375. The van der Waals surface area contributed by atoms with Crippen LogP contribution in [0, 0.1) is 11.8 Å². The van der Waals surface area contributed by atoms with Gasteiger partial charge < -0.3 is 10.2 Å². The van der Waals surface area contributed by atoms with Crippen molar-refractivity contribution in [3.05, 3.63) is 0 Å². The number of ketones is 1. The Kier molecular flexibility index (Phi) is 5.80. The number of Topliss-reactive ketones (excluding diaryl/α,β-unsaturated/α-hetero) is 1. The molecule has 1 amide bonds. The summed E-state index contributed by atoms with van der Waals surface area (Å²) in [7, 11) is 1.88. The molecule has 2 atom stereocenters. The summed E-state index contributed by atoms with van der Waals surface area (Å²) >= 11 is 0. The largest absolute Gasteiger partial charge is 0.331 e. The third-order valence-electron chi connectivity index (χ3n) is 5.13. The van der Waals surface area contributed by atoms with Gasteiger partial charge in [0, 0.05) is 12.5 Å². The minimum absolute atomic E-state index is 0.00566. The van der Waals surface area contributed by atoms with E-state index in [1.165, 1.54) is 19.3 Å². The molecular weight excluding hydrogens is 264 g/mol. The first-order chi connectivity index (χ1) is 10.1. The summed E-state index contributed by atoms with van der Waals surface area (Å²) in [5.41, 5.74) is 0. The maximum atomic E-state index is 12.9. The standard InChI is InChI=1S/C17H30N2O2/c1-12(2)16(20)14-10-7-11-19(14)17(21)15(18-3)13-8-5-4-6-9-13/h12-15,18H,4-11H2,1-3H3/t14?,15-/m0/s1. The molecule has 1 saturated heterocycles. The lowest BCUT2D eigenvalue weighted by Gasteiger charge is -2.34. The van der Waals surface area contributed by atoms with E-state index in [2.05, 4.69) is 5.32 Å². The van der Waals surface area contributed by atoms with E-state index in [1.807, 2.05) is 25.8 Å². The van der Waals surface area contributed by atoms with Gasteiger partial charge in [0.2, 0.25) is 5.91 Å². The molecule has 0 bridgehead atoms. The molecule has 0 spiro atoms. The monoisotopic (exact) mass is 294 g/mol. The van der Waals surface area contributed by atoms with Crippen molar-refractivity contribution in [2.75, 3.05) is 13.6 Å². The van der Waals surface area contributed by atoms with Crippen molar-refractivity contribution in [3.63, 3.8) is 0 Å². The van der Waals surface area contributed by atoms with Gasteiger partial charge in [0.15, 0.2) is 5.78 Å². The summed E-state index contributed by atoms with van der Waals surface area (Å²) in [6.07, 6.45) is 7.80. The number of rotatable bonds is 5. The van der Waals surface area contributed by atoms with Crippen LogP contribution in [0.2, 0.25) is 0 Å². The van der Waals surface area contributed by atoms with Crippen molar-refractivity contribution in [1.29, 1.82) is 0 Å². The SMILES string of the molecule is CN[C@H](C(=O)N1CCCC1C(=O)C(C)C)C1CCCCC1. The summed E-state index contributed by atoms with van der Waals surface area (Å²) in [6.45, 7) is 4.60. The molecular formula is C17H30N2O2. The van der Waals surface area contributed by atoms with Crippen molar-refractivity contribution in [2.45, 2.75) is 70.9 Å². The lowest BCUT2D eigenvalue weighted by molar-refractivity contribution is -0.141. The first kappa shape index (κ1) is 16.5. The molecule has 0 aromatic rings. The van der Waals surface area contributed by atoms with Crippen LogP contribution in [0.1, 0.15) is 58.8 Å². The normalized spacial score (nSPS) is 25.3. The van der Waals surface area contributed by atoms with Gasteiger partial charge in [-0.1, -0.05) is 33.1 Å². The zero-order chi connectivity index (χ0) is 15.4. The molecule has 1 aliphatic carbocycles. The number of carbonyl (C=O) groups is 2. The molecule has 4 nitrogen and oxygen atoms in total. The lowest BCUT2D eigenvalue weighted by atomic mass is 9.83. The second-order valence-electron chi connectivity index (χ2n) is 6.91. The Morgan fingerprint density at radius 3 is 2.29 bits per heavy atom. The molecule has 1 heterocycles. The van der Waals surface area contributed by atoms with Crippen LogP contribution >= 0.6 is 0 Å². The molecule has 21 heavy (non-hydrogen) atoms. The van der Waals surface area contributed by atoms with Crippen molar-refractivity contribution >= 4 is 11.7 Å². The van der Waals surface area contributed by atoms with Gasteiger partial charge in [-0.15, -0.1) is 0 Å². The number of amides is 1. The van der Waals surface area contributed by atoms with E-state index in [0.717, 1.165) is 32.2 Å². The lowest BCUT2D eigenvalue weighted by Crippen LogP contribution is -2.53. The zero-order valence-corrected chi connectivity index (χ0v) is 13.7. The van der Waals surface area contributed by atoms with Gasteiger partial charge >= 0.3 is 0 Å². The average molecular weight is 294 g/mol. The fourth-order valence-electron chi connectivity index (χ4n) is 3.92. The molecule has 0 aromatic carbocycles. The van der Waals surface area contributed by atoms with Crippen LogP contribution in [0.25, 0.3) is 0 Å². The number of nitrogens with zero attached hydrogens (tertiary/aromatic N) is 1. The number of hydrogen-bond donors (Lipinski definition) is 1. The van der Waals surface area contributed by atoms with E-state index in [0.29, 0.717) is 5.92 Å². The van der Waals surface area contributed by atoms with E-state index in [1.54, 1.807) is 0 Å². The molecule has 4 heteroatoms. The molecule has 1 N–H and O–H groups in total. The Morgan fingerprint density at radius 2 is 1.71 bits per heavy atom. The highest BCUT2D eigenvalue weighted by Gasteiger charge is 2.39. The van der Waals surface area contributed by atoms with Gasteiger partial charge in [-0.2, -0.15) is 0 Å². The van der Waals surface area contributed by atoms with Crippen LogP contribution in [-0.4, -0.2) is 42.3 Å². The molecule has 0 radical (unpaired) electrons. The maximum Gasteiger partial charge on any atom is 0.240 e. The third-order valence-corrected chi connectivity index (χ3v) is 5.13. The Labute approximate surface area is 128 Å². The van der Waals surface area contributed by atoms with Crippen LogP contribution in [0.3, 0.4) is 0 Å². The topological polar surface area (TPSA) is 49.4 Å². The molecule has 120 valence electrons. The van der Waals surface area contributed by atoms with E-state index in [-0.39, 0.29) is 29.7 Å². The summed E-state index contributed by atoms with van der Waals surface area (Å²) in [5, 5.41) is 3.23. The Balaban J connectivity index is 2.07. The van der Waals surface area contributed by atoms with Gasteiger partial charge in [-0.3, -0.25) is 9.59 Å². The van der Waals surface area contributed by atoms with Crippen LogP contribution in [0.15, 0.2) is 0 Å². The van der Waals surface area contributed by atoms with Crippen LogP contribution in [-0.2, 0) is 9.59 Å². The van der Waals surface area contributed by atoms with Crippen LogP contribution in [0.4, 0.5) is 0 Å². The number of likely N-dealkylation sites (N-methyl/N-ethyl adjacent to an activating group) is 1. The highest BCUT2D eigenvalue weighted by molar-refractivity contribution is 5.92. The summed E-state index contributed by atoms with van der Waals surface area (Å²) in [4.78, 5) is 27.1. The second kappa shape index (κ2) is 7.39. The first-order valence-corrected chi connectivity index (χ1v) is 8.57.